The highest BCUT2D eigenvalue weighted by Crippen LogP contribution is 2.17. The van der Waals surface area contributed by atoms with Gasteiger partial charge < -0.3 is 25.2 Å². The van der Waals surface area contributed by atoms with Crippen LogP contribution in [-0.4, -0.2) is 69.4 Å². The first-order chi connectivity index (χ1) is 14.0. The predicted molar refractivity (Wildman–Crippen MR) is 115 cm³/mol. The van der Waals surface area contributed by atoms with Crippen LogP contribution in [0.15, 0.2) is 29.3 Å². The highest BCUT2D eigenvalue weighted by atomic mass is 19.1. The van der Waals surface area contributed by atoms with E-state index < -0.39 is 0 Å². The van der Waals surface area contributed by atoms with Gasteiger partial charge in [-0.1, -0.05) is 12.1 Å². The van der Waals surface area contributed by atoms with E-state index in [4.69, 9.17) is 4.74 Å². The van der Waals surface area contributed by atoms with Crippen molar-refractivity contribution in [1.82, 2.24) is 15.5 Å². The third kappa shape index (κ3) is 7.44. The Labute approximate surface area is 173 Å². The molecular formula is C21H34FN5O2. The lowest BCUT2D eigenvalue weighted by Crippen LogP contribution is -2.50. The molecule has 0 unspecified atom stereocenters. The van der Waals surface area contributed by atoms with Crippen LogP contribution in [-0.2, 0) is 4.74 Å². The average molecular weight is 408 g/mol. The number of benzene rings is 1. The maximum absolute atomic E-state index is 13.8. The number of hydrogen-bond acceptors (Lipinski definition) is 4. The Hall–Kier alpha value is -2.51. The molecule has 2 N–H and O–H groups in total. The summed E-state index contributed by atoms with van der Waals surface area (Å²) in [5.74, 6) is 0.582. The highest BCUT2D eigenvalue weighted by molar-refractivity contribution is 5.80. The summed E-state index contributed by atoms with van der Waals surface area (Å²) < 4.78 is 18.9. The van der Waals surface area contributed by atoms with Gasteiger partial charge in [-0.05, 0) is 45.2 Å². The van der Waals surface area contributed by atoms with Crippen LogP contribution >= 0.6 is 0 Å². The molecule has 8 heteroatoms. The third-order valence-electron chi connectivity index (χ3n) is 4.89. The Morgan fingerprint density at radius 1 is 1.31 bits per heavy atom. The number of nitrogens with one attached hydrogen (secondary N) is 2. The van der Waals surface area contributed by atoms with E-state index in [1.54, 1.807) is 17.0 Å². The fourth-order valence-electron chi connectivity index (χ4n) is 3.32. The summed E-state index contributed by atoms with van der Waals surface area (Å²) in [4.78, 5) is 20.1. The molecular weight excluding hydrogens is 373 g/mol. The van der Waals surface area contributed by atoms with Crippen molar-refractivity contribution in [3.05, 3.63) is 30.1 Å². The van der Waals surface area contributed by atoms with Crippen molar-refractivity contribution in [3.8, 4) is 0 Å². The Balaban J connectivity index is 1.77. The molecule has 2 rings (SSSR count). The van der Waals surface area contributed by atoms with Gasteiger partial charge in [-0.2, -0.15) is 0 Å². The molecule has 7 nitrogen and oxygen atoms in total. The minimum Gasteiger partial charge on any atom is -0.450 e. The Morgan fingerprint density at radius 3 is 2.69 bits per heavy atom. The van der Waals surface area contributed by atoms with E-state index in [1.807, 2.05) is 31.9 Å². The molecule has 1 aromatic carbocycles. The van der Waals surface area contributed by atoms with E-state index in [2.05, 4.69) is 15.6 Å². The largest absolute Gasteiger partial charge is 0.450 e. The minimum atomic E-state index is -0.231. The van der Waals surface area contributed by atoms with Crippen LogP contribution in [0.5, 0.6) is 0 Å². The molecule has 1 saturated heterocycles. The van der Waals surface area contributed by atoms with Gasteiger partial charge in [-0.15, -0.1) is 0 Å². The van der Waals surface area contributed by atoms with Crippen molar-refractivity contribution in [1.29, 1.82) is 0 Å². The van der Waals surface area contributed by atoms with Gasteiger partial charge in [0, 0.05) is 45.8 Å². The van der Waals surface area contributed by atoms with Crippen molar-refractivity contribution in [3.63, 3.8) is 0 Å². The lowest BCUT2D eigenvalue weighted by Gasteiger charge is -2.32. The zero-order chi connectivity index (χ0) is 21.1. The van der Waals surface area contributed by atoms with Crippen molar-refractivity contribution < 1.29 is 13.9 Å². The SMILES string of the molecule is CCNC(=NCCCN(C)c1ccccc1F)NC1CCN(C(=O)OCC)CC1. The molecule has 1 fully saturated rings. The van der Waals surface area contributed by atoms with Crippen molar-refractivity contribution in [2.45, 2.75) is 39.2 Å². The van der Waals surface area contributed by atoms with Crippen LogP contribution in [0, 0.1) is 5.82 Å². The molecule has 1 aliphatic rings. The molecule has 1 heterocycles. The molecule has 1 amide bonds. The number of piperidine rings is 1. The number of carbonyl (C=O) groups excluding carboxylic acids is 1. The molecule has 0 radical (unpaired) electrons. The highest BCUT2D eigenvalue weighted by Gasteiger charge is 2.24. The Morgan fingerprint density at radius 2 is 2.03 bits per heavy atom. The predicted octanol–water partition coefficient (Wildman–Crippen LogP) is 2.83. The van der Waals surface area contributed by atoms with E-state index in [-0.39, 0.29) is 18.0 Å². The van der Waals surface area contributed by atoms with Crippen LogP contribution < -0.4 is 15.5 Å². The summed E-state index contributed by atoms with van der Waals surface area (Å²) in [5, 5.41) is 6.74. The quantitative estimate of drug-likeness (QED) is 0.394. The maximum Gasteiger partial charge on any atom is 0.409 e. The van der Waals surface area contributed by atoms with Crippen LogP contribution in [0.25, 0.3) is 0 Å². The number of hydrogen-bond donors (Lipinski definition) is 2. The summed E-state index contributed by atoms with van der Waals surface area (Å²) in [6.45, 7) is 7.78. The molecule has 0 aromatic heterocycles. The molecule has 162 valence electrons. The van der Waals surface area contributed by atoms with Gasteiger partial charge in [-0.3, -0.25) is 4.99 Å². The second-order valence-corrected chi connectivity index (χ2v) is 7.09. The zero-order valence-electron chi connectivity index (χ0n) is 17.8. The average Bonchev–Trinajstić information content (AvgIpc) is 2.72. The van der Waals surface area contributed by atoms with Crippen LogP contribution in [0.1, 0.15) is 33.1 Å². The third-order valence-corrected chi connectivity index (χ3v) is 4.89. The van der Waals surface area contributed by atoms with E-state index in [9.17, 15) is 9.18 Å². The molecule has 1 aromatic rings. The number of halogens is 1. The summed E-state index contributed by atoms with van der Waals surface area (Å²) in [6.07, 6.45) is 2.31. The first-order valence-corrected chi connectivity index (χ1v) is 10.5. The lowest BCUT2D eigenvalue weighted by molar-refractivity contribution is 0.0963. The number of nitrogens with zero attached hydrogens (tertiary/aromatic N) is 3. The van der Waals surface area contributed by atoms with Crippen LogP contribution in [0.3, 0.4) is 0 Å². The second kappa shape index (κ2) is 12.1. The van der Waals surface area contributed by atoms with Gasteiger partial charge in [0.1, 0.15) is 5.82 Å². The number of likely N-dealkylation sites (tertiary alicyclic amines) is 1. The Bertz CT molecular complexity index is 662. The van der Waals surface area contributed by atoms with E-state index in [0.717, 1.165) is 38.3 Å². The van der Waals surface area contributed by atoms with E-state index in [1.165, 1.54) is 6.07 Å². The maximum atomic E-state index is 13.8. The van der Waals surface area contributed by atoms with Crippen molar-refractivity contribution >= 4 is 17.7 Å². The number of anilines is 1. The van der Waals surface area contributed by atoms with E-state index in [0.29, 0.717) is 31.9 Å². The molecule has 29 heavy (non-hydrogen) atoms. The Kier molecular flexibility index (Phi) is 9.53. The number of para-hydroxylation sites is 1. The number of ether oxygens (including phenoxy) is 1. The first-order valence-electron chi connectivity index (χ1n) is 10.5. The van der Waals surface area contributed by atoms with Crippen molar-refractivity contribution in [2.24, 2.45) is 4.99 Å². The normalized spacial score (nSPS) is 15.2. The van der Waals surface area contributed by atoms with Gasteiger partial charge in [0.2, 0.25) is 0 Å². The number of guanidine groups is 1. The van der Waals surface area contributed by atoms with Crippen molar-refractivity contribution in [2.75, 3.05) is 51.3 Å². The van der Waals surface area contributed by atoms with Crippen LogP contribution in [0.4, 0.5) is 14.9 Å². The van der Waals surface area contributed by atoms with Gasteiger partial charge >= 0.3 is 6.09 Å². The van der Waals surface area contributed by atoms with Gasteiger partial charge in [0.25, 0.3) is 0 Å². The summed E-state index contributed by atoms with van der Waals surface area (Å²) >= 11 is 0. The van der Waals surface area contributed by atoms with Gasteiger partial charge in [0.05, 0.1) is 12.3 Å². The van der Waals surface area contributed by atoms with Crippen LogP contribution in [0.2, 0.25) is 0 Å². The summed E-state index contributed by atoms with van der Waals surface area (Å²) in [5.41, 5.74) is 0.606. The lowest BCUT2D eigenvalue weighted by atomic mass is 10.1. The molecule has 0 saturated carbocycles. The molecule has 0 spiro atoms. The number of amides is 1. The minimum absolute atomic E-state index is 0.206. The first kappa shape index (κ1) is 22.8. The molecule has 0 bridgehead atoms. The topological polar surface area (TPSA) is 69.2 Å². The smallest absolute Gasteiger partial charge is 0.409 e. The second-order valence-electron chi connectivity index (χ2n) is 7.09. The number of carbonyl (C=O) groups is 1. The summed E-state index contributed by atoms with van der Waals surface area (Å²) in [7, 11) is 1.89. The molecule has 1 aliphatic heterocycles. The fourth-order valence-corrected chi connectivity index (χ4v) is 3.32. The number of rotatable bonds is 8. The summed E-state index contributed by atoms with van der Waals surface area (Å²) in [6, 6.07) is 7.08. The monoisotopic (exact) mass is 407 g/mol. The van der Waals surface area contributed by atoms with Gasteiger partial charge in [-0.25, -0.2) is 9.18 Å². The number of aliphatic imine (C=N–C) groups is 1. The molecule has 0 atom stereocenters. The fraction of sp³-hybridized carbons (Fsp3) is 0.619. The standard InChI is InChI=1S/C21H34FN5O2/c1-4-23-20(25-17-11-15-27(16-12-17)21(28)29-5-2)24-13-8-14-26(3)19-10-7-6-9-18(19)22/h6-7,9-10,17H,4-5,8,11-16H2,1-3H3,(H2,23,24,25). The zero-order valence-corrected chi connectivity index (χ0v) is 17.8. The van der Waals surface area contributed by atoms with Gasteiger partial charge in [0.15, 0.2) is 5.96 Å². The van der Waals surface area contributed by atoms with E-state index >= 15 is 0 Å². The molecule has 0 aliphatic carbocycles.